The molecule has 0 unspecified atom stereocenters. The van der Waals surface area contributed by atoms with Crippen LogP contribution < -0.4 is 0 Å². The third-order valence-corrected chi connectivity index (χ3v) is 11.0. The van der Waals surface area contributed by atoms with Gasteiger partial charge >= 0.3 is 178 Å². The van der Waals surface area contributed by atoms with E-state index in [1.807, 2.05) is 0 Å². The summed E-state index contributed by atoms with van der Waals surface area (Å²) in [6.45, 7) is 4.40. The van der Waals surface area contributed by atoms with E-state index < -0.39 is 24.2 Å². The van der Waals surface area contributed by atoms with E-state index in [1.165, 1.54) is 154 Å². The second kappa shape index (κ2) is 30.1. The molecule has 0 bridgehead atoms. The summed E-state index contributed by atoms with van der Waals surface area (Å²) in [6.07, 6.45) is 38.8. The van der Waals surface area contributed by atoms with Crippen LogP contribution in [0.3, 0.4) is 0 Å². The predicted octanol–water partition coefficient (Wildman–Crippen LogP) is 12.2. The van der Waals surface area contributed by atoms with Gasteiger partial charge in [-0.25, -0.2) is 0 Å². The molecule has 0 radical (unpaired) electrons. The van der Waals surface area contributed by atoms with Gasteiger partial charge in [0.15, 0.2) is 0 Å². The van der Waals surface area contributed by atoms with Crippen molar-refractivity contribution in [3.63, 3.8) is 0 Å². The van der Waals surface area contributed by atoms with Gasteiger partial charge in [0, 0.05) is 0 Å². The molecule has 0 atom stereocenters. The van der Waals surface area contributed by atoms with Crippen molar-refractivity contribution in [1.29, 1.82) is 0 Å². The first-order chi connectivity index (χ1) is 21.6. The van der Waals surface area contributed by atoms with Crippen molar-refractivity contribution in [3.05, 3.63) is 0 Å². The molecule has 0 aromatic heterocycles. The second-order valence-corrected chi connectivity index (χ2v) is 15.3. The normalized spacial score (nSPS) is 14.5. The molecule has 0 aliphatic carbocycles. The summed E-state index contributed by atoms with van der Waals surface area (Å²) in [4.78, 5) is 26.2. The summed E-state index contributed by atoms with van der Waals surface area (Å²) < 4.78 is 22.7. The van der Waals surface area contributed by atoms with E-state index in [9.17, 15) is 12.9 Å². The molecule has 0 aromatic carbocycles. The Morgan fingerprint density at radius 1 is 0.455 bits per heavy atom. The van der Waals surface area contributed by atoms with Gasteiger partial charge in [0.2, 0.25) is 0 Å². The van der Waals surface area contributed by atoms with Gasteiger partial charge in [0.1, 0.15) is 0 Å². The Morgan fingerprint density at radius 3 is 0.932 bits per heavy atom. The zero-order valence-electron chi connectivity index (χ0n) is 29.4. The molecule has 0 amide bonds. The average Bonchev–Trinajstić information content (AvgIpc) is 3.43. The molecule has 5 nitrogen and oxygen atoms in total. The molecular formula is C38H72O5Ti. The number of ketones is 2. The van der Waals surface area contributed by atoms with Crippen LogP contribution in [0.25, 0.3) is 0 Å². The first-order valence-electron chi connectivity index (χ1n) is 19.5. The molecule has 1 fully saturated rings. The minimum absolute atomic E-state index is 0.138. The fraction of sp³-hybridized carbons (Fsp3) is 0.947. The maximum atomic E-state index is 13.1. The van der Waals surface area contributed by atoms with Gasteiger partial charge < -0.3 is 0 Å². The van der Waals surface area contributed by atoms with E-state index >= 15 is 0 Å². The van der Waals surface area contributed by atoms with E-state index in [4.69, 9.17) is 6.64 Å². The fourth-order valence-electron chi connectivity index (χ4n) is 6.51. The maximum absolute atomic E-state index is 13.1. The zero-order chi connectivity index (χ0) is 32.0. The summed E-state index contributed by atoms with van der Waals surface area (Å²) in [5, 5.41) is 0. The molecule has 258 valence electrons. The van der Waals surface area contributed by atoms with Gasteiger partial charge in [-0.15, -0.1) is 0 Å². The molecule has 1 aliphatic rings. The summed E-state index contributed by atoms with van der Waals surface area (Å²) in [5.41, 5.74) is -1.58. The Labute approximate surface area is 280 Å². The standard InChI is InChI=1S/C38H72O4.O.Ti/c1-3-5-7-9-11-13-15-17-19-21-23-25-27-29-31-33-36(40)38(42,35-39)37(41)34-32-30-28-26-24-22-20-18-16-14-12-10-8-6-4-2;;/h3-35H2,1-2H3;;/q-2;;+2. The molecule has 0 aromatic rings. The van der Waals surface area contributed by atoms with Gasteiger partial charge in [0.05, 0.1) is 0 Å². The second-order valence-electron chi connectivity index (χ2n) is 13.7. The minimum atomic E-state index is -3.42. The van der Waals surface area contributed by atoms with Crippen LogP contribution in [0.1, 0.15) is 219 Å². The number of carbonyl (C=O) groups excluding carboxylic acids is 2. The Hall–Kier alpha value is -0.226. The van der Waals surface area contributed by atoms with Crippen molar-refractivity contribution in [2.24, 2.45) is 0 Å². The topological polar surface area (TPSA) is 69.7 Å². The average molecular weight is 657 g/mol. The van der Waals surface area contributed by atoms with Gasteiger partial charge in [-0.05, 0) is 0 Å². The number of carbonyl (C=O) groups is 2. The molecule has 1 saturated heterocycles. The number of rotatable bonds is 34. The van der Waals surface area contributed by atoms with Crippen molar-refractivity contribution in [2.75, 3.05) is 6.61 Å². The van der Waals surface area contributed by atoms with Crippen LogP contribution in [0.2, 0.25) is 0 Å². The van der Waals surface area contributed by atoms with Crippen LogP contribution >= 0.6 is 0 Å². The van der Waals surface area contributed by atoms with E-state index in [1.54, 1.807) is 0 Å². The summed E-state index contributed by atoms with van der Waals surface area (Å²) in [7, 11) is 0. The van der Waals surface area contributed by atoms with Crippen LogP contribution in [-0.2, 0) is 38.2 Å². The molecule has 44 heavy (non-hydrogen) atoms. The SMILES string of the molecule is CCCCCCCCCCCCCCCCCC(=O)C1(C(=O)CCCCCCCCCCCCCCCCC)C[O][Ti](=[O])[O]1. The summed E-state index contributed by atoms with van der Waals surface area (Å²) in [6, 6.07) is 0. The monoisotopic (exact) mass is 656 g/mol. The molecule has 1 heterocycles. The van der Waals surface area contributed by atoms with E-state index in [2.05, 4.69) is 13.8 Å². The van der Waals surface area contributed by atoms with E-state index in [-0.39, 0.29) is 18.2 Å². The van der Waals surface area contributed by atoms with Gasteiger partial charge in [-0.1, -0.05) is 104 Å². The van der Waals surface area contributed by atoms with Crippen LogP contribution in [0.4, 0.5) is 0 Å². The summed E-state index contributed by atoms with van der Waals surface area (Å²) in [5.74, 6) is -0.423. The predicted molar refractivity (Wildman–Crippen MR) is 180 cm³/mol. The number of hydrogen-bond donors (Lipinski definition) is 0. The van der Waals surface area contributed by atoms with E-state index in [0.717, 1.165) is 38.5 Å². The Kier molecular flexibility index (Phi) is 28.6. The quantitative estimate of drug-likeness (QED) is 0.0392. The molecule has 6 heteroatoms. The van der Waals surface area contributed by atoms with Crippen molar-refractivity contribution in [1.82, 2.24) is 0 Å². The Balaban J connectivity index is 2.06. The van der Waals surface area contributed by atoms with Gasteiger partial charge in [-0.3, -0.25) is 0 Å². The number of Topliss-reactive ketones (excluding diaryl/α,β-unsaturated/α-hetero) is 2. The van der Waals surface area contributed by atoms with Crippen molar-refractivity contribution in [2.45, 2.75) is 225 Å². The number of hydrogen-bond acceptors (Lipinski definition) is 5. The molecule has 0 saturated carbocycles. The number of unbranched alkanes of at least 4 members (excludes halogenated alkanes) is 28. The summed E-state index contributed by atoms with van der Waals surface area (Å²) >= 11 is -3.42. The van der Waals surface area contributed by atoms with Crippen LogP contribution in [0.5, 0.6) is 0 Å². The molecular weight excluding hydrogens is 584 g/mol. The molecule has 1 aliphatic heterocycles. The molecule has 0 spiro atoms. The van der Waals surface area contributed by atoms with Crippen molar-refractivity contribution < 1.29 is 38.2 Å². The van der Waals surface area contributed by atoms with Gasteiger partial charge in [0.25, 0.3) is 0 Å². The first kappa shape index (κ1) is 41.8. The van der Waals surface area contributed by atoms with Gasteiger partial charge in [-0.2, -0.15) is 0 Å². The third kappa shape index (κ3) is 21.5. The van der Waals surface area contributed by atoms with Crippen molar-refractivity contribution in [3.8, 4) is 0 Å². The van der Waals surface area contributed by atoms with E-state index in [0.29, 0.717) is 12.8 Å². The van der Waals surface area contributed by atoms with Crippen LogP contribution in [-0.4, -0.2) is 23.8 Å². The Morgan fingerprint density at radius 2 is 0.705 bits per heavy atom. The zero-order valence-corrected chi connectivity index (χ0v) is 30.9. The van der Waals surface area contributed by atoms with Crippen molar-refractivity contribution >= 4 is 11.6 Å². The first-order valence-corrected chi connectivity index (χ1v) is 21.4. The third-order valence-electron chi connectivity index (χ3n) is 9.57. The van der Waals surface area contributed by atoms with Crippen LogP contribution in [0, 0.1) is 0 Å². The molecule has 0 N–H and O–H groups in total. The van der Waals surface area contributed by atoms with Crippen LogP contribution in [0.15, 0.2) is 0 Å². The Bertz CT molecular complexity index is 663. The fourth-order valence-corrected chi connectivity index (χ4v) is 7.99. The molecule has 1 rings (SSSR count).